The van der Waals surface area contributed by atoms with E-state index in [4.69, 9.17) is 9.97 Å². The molecule has 0 radical (unpaired) electrons. The topological polar surface area (TPSA) is 30.7 Å². The summed E-state index contributed by atoms with van der Waals surface area (Å²) >= 11 is 0. The molecule has 7 rings (SSSR count). The maximum atomic E-state index is 5.15. The van der Waals surface area contributed by atoms with Crippen LogP contribution in [0.5, 0.6) is 0 Å². The summed E-state index contributed by atoms with van der Waals surface area (Å²) in [6.07, 6.45) is 3.93. The lowest BCUT2D eigenvalue weighted by Gasteiger charge is -2.23. The number of rotatable bonds is 5. The van der Waals surface area contributed by atoms with Crippen LogP contribution in [-0.4, -0.2) is 14.5 Å². The third kappa shape index (κ3) is 6.97. The number of aryl methyl sites for hydroxylation is 1. The predicted molar refractivity (Wildman–Crippen MR) is 221 cm³/mol. The number of pyridine rings is 1. The van der Waals surface area contributed by atoms with Crippen molar-refractivity contribution < 1.29 is 0 Å². The Bertz CT molecular complexity index is 2390. The minimum Gasteiger partial charge on any atom is -0.298 e. The number of fused-ring (bicyclic) bond motifs is 1. The molecule has 0 fully saturated rings. The zero-order valence-corrected chi connectivity index (χ0v) is 32.5. The fourth-order valence-corrected chi connectivity index (χ4v) is 6.93. The maximum Gasteiger partial charge on any atom is 0.100 e. The first-order chi connectivity index (χ1) is 24.6. The summed E-state index contributed by atoms with van der Waals surface area (Å²) in [6.45, 7) is 22.6. The molecule has 3 nitrogen and oxygen atoms in total. The Morgan fingerprint density at radius 1 is 0.462 bits per heavy atom. The summed E-state index contributed by atoms with van der Waals surface area (Å²) < 4.78 is 2.28. The fourth-order valence-electron chi connectivity index (χ4n) is 6.93. The Hall–Kier alpha value is -5.28. The lowest BCUT2D eigenvalue weighted by Crippen LogP contribution is -2.12. The molecule has 0 bridgehead atoms. The molecular formula is C49H51N3. The summed E-state index contributed by atoms with van der Waals surface area (Å²) in [5.74, 6) is 0. The molecule has 0 amide bonds. The number of nitrogens with zero attached hydrogens (tertiary/aromatic N) is 3. The summed E-state index contributed by atoms with van der Waals surface area (Å²) in [7, 11) is 0. The van der Waals surface area contributed by atoms with Crippen molar-refractivity contribution in [2.75, 3.05) is 0 Å². The summed E-state index contributed by atoms with van der Waals surface area (Å²) in [5.41, 5.74) is 17.4. The quantitative estimate of drug-likeness (QED) is 0.181. The maximum absolute atomic E-state index is 5.15. The Kier molecular flexibility index (Phi) is 8.81. The van der Waals surface area contributed by atoms with E-state index in [1.165, 1.54) is 38.9 Å². The Morgan fingerprint density at radius 2 is 1.10 bits per heavy atom. The summed E-state index contributed by atoms with van der Waals surface area (Å²) in [6, 6.07) is 42.5. The van der Waals surface area contributed by atoms with Crippen LogP contribution in [0.1, 0.15) is 84.6 Å². The van der Waals surface area contributed by atoms with Gasteiger partial charge in [-0.15, -0.1) is 0 Å². The minimum absolute atomic E-state index is 0.000489. The molecule has 5 aromatic carbocycles. The van der Waals surface area contributed by atoms with Crippen molar-refractivity contribution in [3.63, 3.8) is 0 Å². The zero-order chi connectivity index (χ0) is 37.0. The summed E-state index contributed by atoms with van der Waals surface area (Å²) in [4.78, 5) is 10.0. The molecule has 0 aliphatic heterocycles. The second kappa shape index (κ2) is 13.0. The van der Waals surface area contributed by atoms with Crippen LogP contribution in [-0.2, 0) is 16.2 Å². The lowest BCUT2D eigenvalue weighted by atomic mass is 9.83. The average molecular weight is 682 g/mol. The van der Waals surface area contributed by atoms with Crippen molar-refractivity contribution in [3.05, 3.63) is 150 Å². The van der Waals surface area contributed by atoms with Gasteiger partial charge in [0.05, 0.1) is 22.4 Å². The molecule has 7 aromatic rings. The van der Waals surface area contributed by atoms with Crippen LogP contribution in [0, 0.1) is 6.92 Å². The Labute approximate surface area is 310 Å². The number of hydrogen-bond acceptors (Lipinski definition) is 2. The first-order valence-electron chi connectivity index (χ1n) is 18.5. The largest absolute Gasteiger partial charge is 0.298 e. The van der Waals surface area contributed by atoms with Crippen molar-refractivity contribution in [3.8, 4) is 50.3 Å². The van der Waals surface area contributed by atoms with E-state index in [0.29, 0.717) is 0 Å². The molecule has 0 aliphatic carbocycles. The highest BCUT2D eigenvalue weighted by Crippen LogP contribution is 2.39. The van der Waals surface area contributed by atoms with E-state index in [1.807, 2.05) is 12.5 Å². The van der Waals surface area contributed by atoms with Gasteiger partial charge in [0.25, 0.3) is 0 Å². The molecular weight excluding hydrogens is 631 g/mol. The van der Waals surface area contributed by atoms with Crippen molar-refractivity contribution in [2.24, 2.45) is 0 Å². The second-order valence-corrected chi connectivity index (χ2v) is 17.4. The van der Waals surface area contributed by atoms with Crippen molar-refractivity contribution in [1.82, 2.24) is 14.5 Å². The van der Waals surface area contributed by atoms with Gasteiger partial charge in [0.1, 0.15) is 6.33 Å². The molecule has 0 saturated carbocycles. The van der Waals surface area contributed by atoms with Crippen molar-refractivity contribution in [1.29, 1.82) is 0 Å². The van der Waals surface area contributed by atoms with Gasteiger partial charge < -0.3 is 0 Å². The van der Waals surface area contributed by atoms with Gasteiger partial charge in [-0.3, -0.25) is 9.55 Å². The molecule has 2 aromatic heterocycles. The molecule has 0 saturated heterocycles. The third-order valence-electron chi connectivity index (χ3n) is 10.3. The average Bonchev–Trinajstić information content (AvgIpc) is 3.55. The van der Waals surface area contributed by atoms with E-state index in [0.717, 1.165) is 44.7 Å². The van der Waals surface area contributed by atoms with Gasteiger partial charge in [-0.05, 0) is 98.5 Å². The zero-order valence-electron chi connectivity index (χ0n) is 32.5. The van der Waals surface area contributed by atoms with Crippen LogP contribution >= 0.6 is 0 Å². The second-order valence-electron chi connectivity index (χ2n) is 17.4. The Balaban J connectivity index is 1.38. The van der Waals surface area contributed by atoms with E-state index in [1.54, 1.807) is 0 Å². The number of hydrogen-bond donors (Lipinski definition) is 0. The number of aromatic nitrogens is 3. The van der Waals surface area contributed by atoms with E-state index < -0.39 is 0 Å². The number of imidazole rings is 1. The van der Waals surface area contributed by atoms with Gasteiger partial charge >= 0.3 is 0 Å². The van der Waals surface area contributed by atoms with Gasteiger partial charge in [-0.2, -0.15) is 0 Å². The highest BCUT2D eigenvalue weighted by molar-refractivity contribution is 5.95. The number of para-hydroxylation sites is 1. The van der Waals surface area contributed by atoms with Gasteiger partial charge in [-0.25, -0.2) is 4.98 Å². The normalized spacial score (nSPS) is 12.4. The molecule has 0 N–H and O–H groups in total. The van der Waals surface area contributed by atoms with E-state index >= 15 is 0 Å². The highest BCUT2D eigenvalue weighted by atomic mass is 15.1. The molecule has 52 heavy (non-hydrogen) atoms. The molecule has 0 atom stereocenters. The Morgan fingerprint density at radius 3 is 1.77 bits per heavy atom. The molecule has 0 aliphatic rings. The van der Waals surface area contributed by atoms with Crippen LogP contribution in [0.2, 0.25) is 0 Å². The SMILES string of the molecule is Cc1ccc(-c2ccnc(-c3cc(-c4cccc5c4ncn5-c4cc(C(C)(C)C)ccc4-c4ccc(C(C)(C)C)cc4)cc(C(C)(C)C)c3)c2)cc1. The third-order valence-corrected chi connectivity index (χ3v) is 10.3. The molecule has 3 heteroatoms. The predicted octanol–water partition coefficient (Wildman–Crippen LogP) is 13.3. The highest BCUT2D eigenvalue weighted by Gasteiger charge is 2.22. The molecule has 0 spiro atoms. The first-order valence-corrected chi connectivity index (χ1v) is 18.5. The lowest BCUT2D eigenvalue weighted by molar-refractivity contribution is 0.589. The van der Waals surface area contributed by atoms with E-state index in [2.05, 4.69) is 189 Å². The molecule has 2 heterocycles. The van der Waals surface area contributed by atoms with Gasteiger partial charge in [0.2, 0.25) is 0 Å². The molecule has 0 unspecified atom stereocenters. The van der Waals surface area contributed by atoms with E-state index in [-0.39, 0.29) is 16.2 Å². The van der Waals surface area contributed by atoms with E-state index in [9.17, 15) is 0 Å². The standard InChI is InChI=1S/C49H51N3/c1-32-14-16-33(17-15-32)35-24-25-50-43(29-35)37-26-36(27-40(28-37)49(8,9)10)42-12-11-13-44-46(42)51-31-52(44)45-30-39(48(5,6)7)22-23-41(45)34-18-20-38(21-19-34)47(2,3)4/h11-31H,1-10H3. The minimum atomic E-state index is -0.0581. The number of benzene rings is 5. The van der Waals surface area contributed by atoms with Gasteiger partial charge in [0.15, 0.2) is 0 Å². The first kappa shape index (κ1) is 35.1. The van der Waals surface area contributed by atoms with Crippen LogP contribution in [0.25, 0.3) is 61.4 Å². The van der Waals surface area contributed by atoms with Crippen LogP contribution in [0.15, 0.2) is 128 Å². The van der Waals surface area contributed by atoms with Crippen LogP contribution < -0.4 is 0 Å². The smallest absolute Gasteiger partial charge is 0.100 e. The monoisotopic (exact) mass is 681 g/mol. The van der Waals surface area contributed by atoms with Crippen LogP contribution in [0.4, 0.5) is 0 Å². The van der Waals surface area contributed by atoms with Crippen molar-refractivity contribution >= 4 is 11.0 Å². The van der Waals surface area contributed by atoms with Crippen molar-refractivity contribution in [2.45, 2.75) is 85.5 Å². The summed E-state index contributed by atoms with van der Waals surface area (Å²) in [5, 5.41) is 0. The van der Waals surface area contributed by atoms with Gasteiger partial charge in [-0.1, -0.05) is 147 Å². The van der Waals surface area contributed by atoms with Gasteiger partial charge in [0, 0.05) is 22.9 Å². The van der Waals surface area contributed by atoms with Crippen LogP contribution in [0.3, 0.4) is 0 Å². The molecule has 262 valence electrons. The fraction of sp³-hybridized carbons (Fsp3) is 0.265.